The lowest BCUT2D eigenvalue weighted by Crippen LogP contribution is -2.56. The van der Waals surface area contributed by atoms with Crippen LogP contribution in [0.3, 0.4) is 0 Å². The van der Waals surface area contributed by atoms with Crippen molar-refractivity contribution in [3.05, 3.63) is 0 Å². The summed E-state index contributed by atoms with van der Waals surface area (Å²) in [4.78, 5) is 0. The highest BCUT2D eigenvalue weighted by molar-refractivity contribution is 5.11. The zero-order valence-electron chi connectivity index (χ0n) is 24.8. The van der Waals surface area contributed by atoms with Crippen LogP contribution < -0.4 is 0 Å². The lowest BCUT2D eigenvalue weighted by Gasteiger charge is -2.62. The smallest absolute Gasteiger partial charge is 0.0648 e. The Hall–Kier alpha value is -0.0800. The average molecular weight is 501 g/mol. The van der Waals surface area contributed by atoms with E-state index in [1.807, 2.05) is 0 Å². The van der Waals surface area contributed by atoms with Crippen molar-refractivity contribution in [1.29, 1.82) is 0 Å². The lowest BCUT2D eigenvalue weighted by molar-refractivity contribution is -0.154. The fourth-order valence-corrected chi connectivity index (χ4v) is 11.4. The molecular formula is C34H60O2. The van der Waals surface area contributed by atoms with Crippen LogP contribution in [0.15, 0.2) is 0 Å². The van der Waals surface area contributed by atoms with Gasteiger partial charge in [0.25, 0.3) is 0 Å². The van der Waals surface area contributed by atoms with E-state index in [0.717, 1.165) is 61.7 Å². The van der Waals surface area contributed by atoms with E-state index in [1.54, 1.807) is 0 Å². The molecule has 0 aliphatic heterocycles. The topological polar surface area (TPSA) is 40.5 Å². The van der Waals surface area contributed by atoms with Crippen LogP contribution in [0.2, 0.25) is 0 Å². The van der Waals surface area contributed by atoms with Crippen LogP contribution >= 0.6 is 0 Å². The summed E-state index contributed by atoms with van der Waals surface area (Å²) in [5.74, 6) is 5.29. The van der Waals surface area contributed by atoms with E-state index in [1.165, 1.54) is 70.6 Å². The van der Waals surface area contributed by atoms with Crippen LogP contribution in [0, 0.1) is 57.7 Å². The number of hydrogen-bond acceptors (Lipinski definition) is 2. The molecule has 0 amide bonds. The van der Waals surface area contributed by atoms with Gasteiger partial charge in [-0.1, -0.05) is 48.0 Å². The van der Waals surface area contributed by atoms with Gasteiger partial charge in [0.15, 0.2) is 0 Å². The molecule has 2 heteroatoms. The molecule has 0 aromatic heterocycles. The molecular weight excluding hydrogens is 440 g/mol. The van der Waals surface area contributed by atoms with Gasteiger partial charge in [-0.25, -0.2) is 0 Å². The Morgan fingerprint density at radius 1 is 0.750 bits per heavy atom. The standard InChI is InChI=1S/C34H60O2/c1-7-25(30(35)21-23-13-16-31(3,4)17-14-23)27-11-12-28-26-10-9-24-22-34(36,8-2)20-19-32(24,5)29(26)15-18-33(27,28)6/h23-30,35-36H,7-22H2,1-6H3/t24-,25+,26+,27-,28+,29+,30+,32+,33-,34+/m1/s1. The maximum atomic E-state index is 11.6. The Balaban J connectivity index is 1.27. The average Bonchev–Trinajstić information content (AvgIpc) is 3.18. The fourth-order valence-electron chi connectivity index (χ4n) is 11.4. The number of rotatable bonds is 6. The van der Waals surface area contributed by atoms with Gasteiger partial charge in [0.2, 0.25) is 0 Å². The van der Waals surface area contributed by atoms with E-state index in [9.17, 15) is 10.2 Å². The van der Waals surface area contributed by atoms with Crippen molar-refractivity contribution >= 4 is 0 Å². The summed E-state index contributed by atoms with van der Waals surface area (Å²) >= 11 is 0. The molecule has 0 unspecified atom stereocenters. The first-order valence-corrected chi connectivity index (χ1v) is 16.3. The molecule has 0 aromatic carbocycles. The summed E-state index contributed by atoms with van der Waals surface area (Å²) < 4.78 is 0. The van der Waals surface area contributed by atoms with Crippen molar-refractivity contribution in [2.75, 3.05) is 0 Å². The number of aliphatic hydroxyl groups is 2. The third-order valence-corrected chi connectivity index (χ3v) is 14.1. The minimum absolute atomic E-state index is 0.0992. The van der Waals surface area contributed by atoms with Gasteiger partial charge in [-0.3, -0.25) is 0 Å². The van der Waals surface area contributed by atoms with Crippen LogP contribution in [-0.4, -0.2) is 21.9 Å². The van der Waals surface area contributed by atoms with Crippen molar-refractivity contribution in [3.8, 4) is 0 Å². The Morgan fingerprint density at radius 3 is 2.11 bits per heavy atom. The minimum atomic E-state index is -0.392. The molecule has 0 bridgehead atoms. The highest BCUT2D eigenvalue weighted by atomic mass is 16.3. The van der Waals surface area contributed by atoms with Gasteiger partial charge in [-0.2, -0.15) is 0 Å². The number of fused-ring (bicyclic) bond motifs is 5. The Bertz CT molecular complexity index is 765. The molecule has 5 aliphatic carbocycles. The van der Waals surface area contributed by atoms with Gasteiger partial charge in [0.1, 0.15) is 0 Å². The van der Waals surface area contributed by atoms with Crippen LogP contribution in [0.5, 0.6) is 0 Å². The minimum Gasteiger partial charge on any atom is -0.393 e. The van der Waals surface area contributed by atoms with Crippen LogP contribution in [0.1, 0.15) is 144 Å². The predicted molar refractivity (Wildman–Crippen MR) is 151 cm³/mol. The number of aliphatic hydroxyl groups excluding tert-OH is 1. The first kappa shape index (κ1) is 27.5. The molecule has 0 heterocycles. The summed E-state index contributed by atoms with van der Waals surface area (Å²) in [6.07, 6.45) is 19.9. The molecule has 0 spiro atoms. The van der Waals surface area contributed by atoms with Crippen LogP contribution in [-0.2, 0) is 0 Å². The molecule has 10 atom stereocenters. The van der Waals surface area contributed by atoms with Gasteiger partial charge in [-0.15, -0.1) is 0 Å². The van der Waals surface area contributed by atoms with Crippen molar-refractivity contribution in [2.24, 2.45) is 57.7 Å². The second-order valence-corrected chi connectivity index (χ2v) is 16.2. The maximum Gasteiger partial charge on any atom is 0.0648 e. The Morgan fingerprint density at radius 2 is 1.44 bits per heavy atom. The molecule has 5 aliphatic rings. The van der Waals surface area contributed by atoms with E-state index in [0.29, 0.717) is 28.1 Å². The molecule has 5 fully saturated rings. The van der Waals surface area contributed by atoms with Gasteiger partial charge in [0, 0.05) is 0 Å². The summed E-state index contributed by atoms with van der Waals surface area (Å²) in [5.41, 5.74) is 0.998. The van der Waals surface area contributed by atoms with Gasteiger partial charge in [-0.05, 0) is 154 Å². The zero-order valence-corrected chi connectivity index (χ0v) is 24.8. The van der Waals surface area contributed by atoms with Gasteiger partial charge in [0.05, 0.1) is 11.7 Å². The maximum absolute atomic E-state index is 11.6. The molecule has 2 nitrogen and oxygen atoms in total. The third kappa shape index (κ3) is 4.65. The van der Waals surface area contributed by atoms with E-state index in [4.69, 9.17) is 0 Å². The van der Waals surface area contributed by atoms with Crippen LogP contribution in [0.4, 0.5) is 0 Å². The van der Waals surface area contributed by atoms with Gasteiger partial charge >= 0.3 is 0 Å². The molecule has 5 rings (SSSR count). The monoisotopic (exact) mass is 500 g/mol. The summed E-state index contributed by atoms with van der Waals surface area (Å²) in [6, 6.07) is 0. The fraction of sp³-hybridized carbons (Fsp3) is 1.00. The molecule has 0 radical (unpaired) electrons. The highest BCUT2D eigenvalue weighted by Gasteiger charge is 2.62. The predicted octanol–water partition coefficient (Wildman–Crippen LogP) is 8.78. The van der Waals surface area contributed by atoms with Crippen molar-refractivity contribution < 1.29 is 10.2 Å². The molecule has 0 aromatic rings. The van der Waals surface area contributed by atoms with E-state index in [2.05, 4.69) is 41.5 Å². The highest BCUT2D eigenvalue weighted by Crippen LogP contribution is 2.69. The SMILES string of the molecule is CC[C@@H]([C@H]1CC[C@H]2[C@@H]3CC[C@@H]4C[C@](O)(CC)CC[C@]4(C)[C@H]3CC[C@]12C)[C@@H](O)CC1CCC(C)(C)CC1. The third-order valence-electron chi connectivity index (χ3n) is 14.1. The zero-order chi connectivity index (χ0) is 25.9. The van der Waals surface area contributed by atoms with Crippen molar-refractivity contribution in [2.45, 2.75) is 156 Å². The lowest BCUT2D eigenvalue weighted by atomic mass is 9.43. The van der Waals surface area contributed by atoms with Gasteiger partial charge < -0.3 is 10.2 Å². The van der Waals surface area contributed by atoms with E-state index in [-0.39, 0.29) is 6.10 Å². The first-order valence-electron chi connectivity index (χ1n) is 16.3. The normalized spacial score (nSPS) is 48.5. The molecule has 0 saturated heterocycles. The second-order valence-electron chi connectivity index (χ2n) is 16.2. The largest absolute Gasteiger partial charge is 0.393 e. The quantitative estimate of drug-likeness (QED) is 0.382. The molecule has 208 valence electrons. The van der Waals surface area contributed by atoms with E-state index < -0.39 is 5.60 Å². The van der Waals surface area contributed by atoms with Crippen molar-refractivity contribution in [1.82, 2.24) is 0 Å². The molecule has 5 saturated carbocycles. The van der Waals surface area contributed by atoms with Crippen molar-refractivity contribution in [3.63, 3.8) is 0 Å². The summed E-state index contributed by atoms with van der Waals surface area (Å²) in [5, 5.41) is 22.7. The molecule has 2 N–H and O–H groups in total. The first-order chi connectivity index (χ1) is 16.9. The second kappa shape index (κ2) is 9.83. The Labute approximate surface area is 223 Å². The summed E-state index contributed by atoms with van der Waals surface area (Å²) in [6.45, 7) is 14.7. The van der Waals surface area contributed by atoms with E-state index >= 15 is 0 Å². The molecule has 36 heavy (non-hydrogen) atoms. The number of hydrogen-bond donors (Lipinski definition) is 2. The Kier molecular flexibility index (Phi) is 7.51. The summed E-state index contributed by atoms with van der Waals surface area (Å²) in [7, 11) is 0. The van der Waals surface area contributed by atoms with Crippen LogP contribution in [0.25, 0.3) is 0 Å².